The minimum Gasteiger partial charge on any atom is -0.494 e. The normalized spacial score (nSPS) is 11.6. The fourth-order valence-corrected chi connectivity index (χ4v) is 3.37. The lowest BCUT2D eigenvalue weighted by molar-refractivity contribution is 0.0599. The Labute approximate surface area is 154 Å². The zero-order valence-corrected chi connectivity index (χ0v) is 15.2. The van der Waals surface area contributed by atoms with E-state index in [1.807, 2.05) is 0 Å². The second-order valence-corrected chi connectivity index (χ2v) is 7.08. The van der Waals surface area contributed by atoms with Gasteiger partial charge in [-0.15, -0.1) is 0 Å². The zero-order chi connectivity index (χ0) is 18.9. The molecule has 6 nitrogen and oxygen atoms in total. The van der Waals surface area contributed by atoms with Crippen LogP contribution in [0.2, 0.25) is 0 Å². The molecule has 0 aliphatic heterocycles. The van der Waals surface area contributed by atoms with Gasteiger partial charge in [-0.25, -0.2) is 9.59 Å². The molecular weight excluding hydrogens is 356 g/mol. The summed E-state index contributed by atoms with van der Waals surface area (Å²) in [5, 5.41) is 8.85. The number of esters is 1. The maximum absolute atomic E-state index is 12.1. The molecular formula is C19H20O6S. The summed E-state index contributed by atoms with van der Waals surface area (Å²) in [4.78, 5) is 22.1. The monoisotopic (exact) mass is 376 g/mol. The maximum atomic E-state index is 12.1. The largest absolute Gasteiger partial charge is 0.494 e. The van der Waals surface area contributed by atoms with Crippen molar-refractivity contribution in [2.24, 2.45) is 0 Å². The molecule has 1 N–H and O–H groups in total. The summed E-state index contributed by atoms with van der Waals surface area (Å²) in [5.41, 5.74) is 1.51. The first-order valence-electron chi connectivity index (χ1n) is 7.98. The molecule has 7 heteroatoms. The fraction of sp³-hybridized carbons (Fsp3) is 0.263. The van der Waals surface area contributed by atoms with Gasteiger partial charge in [-0.05, 0) is 48.4 Å². The number of methoxy groups -OCH3 is 1. The van der Waals surface area contributed by atoms with Crippen molar-refractivity contribution in [1.82, 2.24) is 0 Å². The van der Waals surface area contributed by atoms with Crippen LogP contribution in [0.1, 0.15) is 32.7 Å². The van der Waals surface area contributed by atoms with Crippen LogP contribution in [-0.2, 0) is 21.3 Å². The van der Waals surface area contributed by atoms with Gasteiger partial charge in [0.25, 0.3) is 0 Å². The summed E-state index contributed by atoms with van der Waals surface area (Å²) < 4.78 is 22.3. The van der Waals surface area contributed by atoms with Crippen molar-refractivity contribution in [2.75, 3.05) is 19.5 Å². The third-order valence-electron chi connectivity index (χ3n) is 3.59. The van der Waals surface area contributed by atoms with Crippen molar-refractivity contribution in [3.05, 3.63) is 65.2 Å². The highest BCUT2D eigenvalue weighted by Gasteiger charge is 2.06. The average molecular weight is 376 g/mol. The fourth-order valence-electron chi connectivity index (χ4n) is 2.22. The molecule has 1 unspecified atom stereocenters. The maximum Gasteiger partial charge on any atom is 0.337 e. The molecule has 2 aromatic carbocycles. The van der Waals surface area contributed by atoms with Gasteiger partial charge in [-0.1, -0.05) is 12.1 Å². The van der Waals surface area contributed by atoms with Crippen LogP contribution in [0.4, 0.5) is 0 Å². The Morgan fingerprint density at radius 3 is 2.19 bits per heavy atom. The standard InChI is InChI=1S/C19H20O6S/c1-24-19(22)16-7-9-17(10-8-16)25-11-2-12-26(23)13-14-3-5-15(6-4-14)18(20)21/h3-10H,2,11-13H2,1H3,(H,20,21). The summed E-state index contributed by atoms with van der Waals surface area (Å²) in [6.45, 7) is 0.418. The van der Waals surface area contributed by atoms with Crippen molar-refractivity contribution in [3.8, 4) is 5.75 Å². The van der Waals surface area contributed by atoms with Crippen LogP contribution >= 0.6 is 0 Å². The van der Waals surface area contributed by atoms with E-state index >= 15 is 0 Å². The molecule has 0 saturated carbocycles. The Balaban J connectivity index is 1.71. The van der Waals surface area contributed by atoms with E-state index < -0.39 is 22.7 Å². The molecule has 2 aromatic rings. The molecule has 138 valence electrons. The predicted octanol–water partition coefficient (Wildman–Crippen LogP) is 2.89. The number of carbonyl (C=O) groups excluding carboxylic acids is 1. The summed E-state index contributed by atoms with van der Waals surface area (Å²) in [6.07, 6.45) is 0.624. The molecule has 2 rings (SSSR count). The number of carboxylic acid groups (broad SMARTS) is 1. The van der Waals surface area contributed by atoms with Crippen LogP contribution in [0.5, 0.6) is 5.75 Å². The Hall–Kier alpha value is -2.67. The average Bonchev–Trinajstić information content (AvgIpc) is 2.65. The van der Waals surface area contributed by atoms with Crippen molar-refractivity contribution in [3.63, 3.8) is 0 Å². The van der Waals surface area contributed by atoms with E-state index in [-0.39, 0.29) is 5.56 Å². The van der Waals surface area contributed by atoms with Crippen molar-refractivity contribution >= 4 is 22.7 Å². The topological polar surface area (TPSA) is 89.9 Å². The van der Waals surface area contributed by atoms with Crippen molar-refractivity contribution < 1.29 is 28.4 Å². The smallest absolute Gasteiger partial charge is 0.337 e. The second kappa shape index (κ2) is 9.72. The molecule has 0 aliphatic carbocycles. The number of benzene rings is 2. The SMILES string of the molecule is COC(=O)c1ccc(OCCCS(=O)Cc2ccc(C(=O)O)cc2)cc1. The zero-order valence-electron chi connectivity index (χ0n) is 14.3. The number of ether oxygens (including phenoxy) is 2. The molecule has 0 saturated heterocycles. The Kier molecular flexibility index (Phi) is 7.35. The van der Waals surface area contributed by atoms with Gasteiger partial charge >= 0.3 is 11.9 Å². The number of aromatic carboxylic acids is 1. The van der Waals surface area contributed by atoms with Gasteiger partial charge in [-0.3, -0.25) is 4.21 Å². The Morgan fingerprint density at radius 1 is 1.00 bits per heavy atom. The van der Waals surface area contributed by atoms with E-state index in [2.05, 4.69) is 4.74 Å². The molecule has 0 aromatic heterocycles. The quantitative estimate of drug-likeness (QED) is 0.535. The lowest BCUT2D eigenvalue weighted by atomic mass is 10.1. The van der Waals surface area contributed by atoms with Crippen LogP contribution in [0.25, 0.3) is 0 Å². The van der Waals surface area contributed by atoms with Crippen LogP contribution in [0.3, 0.4) is 0 Å². The van der Waals surface area contributed by atoms with Gasteiger partial charge in [0.2, 0.25) is 0 Å². The lowest BCUT2D eigenvalue weighted by Crippen LogP contribution is -2.07. The van der Waals surface area contributed by atoms with E-state index in [4.69, 9.17) is 9.84 Å². The molecule has 0 heterocycles. The van der Waals surface area contributed by atoms with Gasteiger partial charge in [0.05, 0.1) is 24.8 Å². The first-order valence-corrected chi connectivity index (χ1v) is 9.47. The molecule has 0 spiro atoms. The van der Waals surface area contributed by atoms with Crippen LogP contribution in [0, 0.1) is 0 Å². The number of carboxylic acids is 1. The minimum atomic E-state index is -1.05. The molecule has 0 aliphatic rings. The van der Waals surface area contributed by atoms with Gasteiger partial charge < -0.3 is 14.6 Å². The summed E-state index contributed by atoms with van der Waals surface area (Å²) >= 11 is 0. The van der Waals surface area contributed by atoms with Crippen molar-refractivity contribution in [2.45, 2.75) is 12.2 Å². The molecule has 1 atom stereocenters. The van der Waals surface area contributed by atoms with E-state index in [9.17, 15) is 13.8 Å². The summed E-state index contributed by atoms with van der Waals surface area (Å²) in [5.74, 6) is 0.125. The van der Waals surface area contributed by atoms with E-state index in [0.29, 0.717) is 35.8 Å². The highest BCUT2D eigenvalue weighted by Crippen LogP contribution is 2.13. The van der Waals surface area contributed by atoms with Gasteiger partial charge in [0, 0.05) is 22.3 Å². The van der Waals surface area contributed by atoms with Crippen molar-refractivity contribution in [1.29, 1.82) is 0 Å². The van der Waals surface area contributed by atoms with Gasteiger partial charge in [-0.2, -0.15) is 0 Å². The summed E-state index contributed by atoms with van der Waals surface area (Å²) in [6, 6.07) is 13.0. The highest BCUT2D eigenvalue weighted by atomic mass is 32.2. The Morgan fingerprint density at radius 2 is 1.62 bits per heavy atom. The van der Waals surface area contributed by atoms with Crippen LogP contribution in [0.15, 0.2) is 48.5 Å². The van der Waals surface area contributed by atoms with Gasteiger partial charge in [0.15, 0.2) is 0 Å². The molecule has 0 fully saturated rings. The minimum absolute atomic E-state index is 0.214. The Bertz CT molecular complexity index is 768. The number of hydrogen-bond donors (Lipinski definition) is 1. The number of carbonyl (C=O) groups is 2. The van der Waals surface area contributed by atoms with E-state index in [1.165, 1.54) is 19.2 Å². The first kappa shape index (κ1) is 19.7. The highest BCUT2D eigenvalue weighted by molar-refractivity contribution is 7.84. The molecule has 0 amide bonds. The lowest BCUT2D eigenvalue weighted by Gasteiger charge is -2.07. The van der Waals surface area contributed by atoms with Gasteiger partial charge in [0.1, 0.15) is 5.75 Å². The molecule has 26 heavy (non-hydrogen) atoms. The third kappa shape index (κ3) is 6.00. The van der Waals surface area contributed by atoms with E-state index in [0.717, 1.165) is 5.56 Å². The van der Waals surface area contributed by atoms with Crippen LogP contribution < -0.4 is 4.74 Å². The first-order chi connectivity index (χ1) is 12.5. The number of rotatable bonds is 9. The number of hydrogen-bond acceptors (Lipinski definition) is 5. The van der Waals surface area contributed by atoms with Crippen LogP contribution in [-0.4, -0.2) is 40.7 Å². The van der Waals surface area contributed by atoms with E-state index in [1.54, 1.807) is 36.4 Å². The second-order valence-electron chi connectivity index (χ2n) is 5.51. The third-order valence-corrected chi connectivity index (χ3v) is 4.99. The predicted molar refractivity (Wildman–Crippen MR) is 98.0 cm³/mol. The molecule has 0 bridgehead atoms. The summed E-state index contributed by atoms with van der Waals surface area (Å²) in [7, 11) is 0.281. The molecule has 0 radical (unpaired) electrons.